The van der Waals surface area contributed by atoms with Gasteiger partial charge < -0.3 is 4.90 Å². The summed E-state index contributed by atoms with van der Waals surface area (Å²) in [6.45, 7) is 10.4. The van der Waals surface area contributed by atoms with E-state index in [1.54, 1.807) is 0 Å². The van der Waals surface area contributed by atoms with Crippen LogP contribution in [0.3, 0.4) is 0 Å². The quantitative estimate of drug-likeness (QED) is 0.675. The number of hydrogen-bond acceptors (Lipinski definition) is 1. The standard InChI is InChI=1S/C18H28ClNO/c1-14(2)12-20(13-15(3)4)18(21)7-5-6-16-8-10-17(19)11-9-16/h8-11,14-15H,5-7,12-13H2,1-4H3. The second kappa shape index (κ2) is 9.09. The molecule has 0 heterocycles. The zero-order valence-electron chi connectivity index (χ0n) is 13.7. The highest BCUT2D eigenvalue weighted by Gasteiger charge is 2.15. The number of carbonyl (C=O) groups excluding carboxylic acids is 1. The molecule has 3 heteroatoms. The smallest absolute Gasteiger partial charge is 0.222 e. The minimum Gasteiger partial charge on any atom is -0.342 e. The highest BCUT2D eigenvalue weighted by atomic mass is 35.5. The number of carbonyl (C=O) groups is 1. The van der Waals surface area contributed by atoms with Gasteiger partial charge in [-0.2, -0.15) is 0 Å². The van der Waals surface area contributed by atoms with E-state index in [1.165, 1.54) is 5.56 Å². The van der Waals surface area contributed by atoms with Crippen LogP contribution in [0.25, 0.3) is 0 Å². The van der Waals surface area contributed by atoms with Gasteiger partial charge in [-0.25, -0.2) is 0 Å². The lowest BCUT2D eigenvalue weighted by molar-refractivity contribution is -0.132. The van der Waals surface area contributed by atoms with Crippen LogP contribution >= 0.6 is 11.6 Å². The Labute approximate surface area is 134 Å². The molecule has 0 aliphatic carbocycles. The molecule has 0 aliphatic heterocycles. The highest BCUT2D eigenvalue weighted by Crippen LogP contribution is 2.13. The lowest BCUT2D eigenvalue weighted by Crippen LogP contribution is -2.36. The maximum Gasteiger partial charge on any atom is 0.222 e. The van der Waals surface area contributed by atoms with Gasteiger partial charge in [0.15, 0.2) is 0 Å². The Morgan fingerprint density at radius 1 is 1.05 bits per heavy atom. The van der Waals surface area contributed by atoms with Crippen LogP contribution in [-0.2, 0) is 11.2 Å². The van der Waals surface area contributed by atoms with Gasteiger partial charge in [0.25, 0.3) is 0 Å². The number of rotatable bonds is 8. The predicted molar refractivity (Wildman–Crippen MR) is 90.6 cm³/mol. The van der Waals surface area contributed by atoms with Gasteiger partial charge in [-0.15, -0.1) is 0 Å². The van der Waals surface area contributed by atoms with E-state index >= 15 is 0 Å². The van der Waals surface area contributed by atoms with Crippen molar-refractivity contribution in [1.82, 2.24) is 4.90 Å². The zero-order valence-corrected chi connectivity index (χ0v) is 14.5. The van der Waals surface area contributed by atoms with E-state index in [0.717, 1.165) is 31.0 Å². The molecular weight excluding hydrogens is 282 g/mol. The maximum absolute atomic E-state index is 12.4. The molecule has 0 aliphatic rings. The fraction of sp³-hybridized carbons (Fsp3) is 0.611. The second-order valence-electron chi connectivity index (χ2n) is 6.57. The summed E-state index contributed by atoms with van der Waals surface area (Å²) in [5, 5.41) is 0.759. The first kappa shape index (κ1) is 18.0. The monoisotopic (exact) mass is 309 g/mol. The van der Waals surface area contributed by atoms with Gasteiger partial charge in [0.1, 0.15) is 0 Å². The lowest BCUT2D eigenvalue weighted by atomic mass is 10.1. The van der Waals surface area contributed by atoms with Crippen LogP contribution in [0.4, 0.5) is 0 Å². The highest BCUT2D eigenvalue weighted by molar-refractivity contribution is 6.30. The van der Waals surface area contributed by atoms with Gasteiger partial charge in [-0.1, -0.05) is 51.4 Å². The molecule has 2 nitrogen and oxygen atoms in total. The van der Waals surface area contributed by atoms with E-state index < -0.39 is 0 Å². The van der Waals surface area contributed by atoms with Crippen molar-refractivity contribution >= 4 is 17.5 Å². The first-order valence-electron chi connectivity index (χ1n) is 7.90. The third-order valence-electron chi connectivity index (χ3n) is 3.29. The summed E-state index contributed by atoms with van der Waals surface area (Å²) < 4.78 is 0. The molecule has 0 N–H and O–H groups in total. The van der Waals surface area contributed by atoms with Crippen LogP contribution in [0.2, 0.25) is 5.02 Å². The van der Waals surface area contributed by atoms with Crippen molar-refractivity contribution in [1.29, 1.82) is 0 Å². The SMILES string of the molecule is CC(C)CN(CC(C)C)C(=O)CCCc1ccc(Cl)cc1. The van der Waals surface area contributed by atoms with Crippen molar-refractivity contribution in [3.05, 3.63) is 34.9 Å². The van der Waals surface area contributed by atoms with Crippen LogP contribution in [0.5, 0.6) is 0 Å². The number of nitrogens with zero attached hydrogens (tertiary/aromatic N) is 1. The molecule has 1 rings (SSSR count). The zero-order chi connectivity index (χ0) is 15.8. The fourth-order valence-corrected chi connectivity index (χ4v) is 2.54. The van der Waals surface area contributed by atoms with Crippen LogP contribution in [0.1, 0.15) is 46.1 Å². The Balaban J connectivity index is 2.43. The molecule has 21 heavy (non-hydrogen) atoms. The first-order valence-corrected chi connectivity index (χ1v) is 8.28. The van der Waals surface area contributed by atoms with Crippen molar-refractivity contribution in [2.75, 3.05) is 13.1 Å². The summed E-state index contributed by atoms with van der Waals surface area (Å²) in [5.41, 5.74) is 1.24. The predicted octanol–water partition coefficient (Wildman–Crippen LogP) is 4.80. The normalized spacial score (nSPS) is 11.2. The van der Waals surface area contributed by atoms with Gasteiger partial charge >= 0.3 is 0 Å². The second-order valence-corrected chi connectivity index (χ2v) is 7.00. The van der Waals surface area contributed by atoms with Gasteiger partial charge in [-0.05, 0) is 42.4 Å². The minimum absolute atomic E-state index is 0.284. The molecule has 0 unspecified atom stereocenters. The Hall–Kier alpha value is -1.02. The van der Waals surface area contributed by atoms with Crippen molar-refractivity contribution in [3.63, 3.8) is 0 Å². The van der Waals surface area contributed by atoms with E-state index in [9.17, 15) is 4.79 Å². The number of aryl methyl sites for hydroxylation is 1. The first-order chi connectivity index (χ1) is 9.88. The molecule has 0 bridgehead atoms. The van der Waals surface area contributed by atoms with Gasteiger partial charge in [-0.3, -0.25) is 4.79 Å². The Bertz CT molecular complexity index is 415. The lowest BCUT2D eigenvalue weighted by Gasteiger charge is -2.26. The summed E-state index contributed by atoms with van der Waals surface area (Å²) >= 11 is 5.87. The van der Waals surface area contributed by atoms with E-state index in [2.05, 4.69) is 27.7 Å². The number of amides is 1. The van der Waals surface area contributed by atoms with Crippen LogP contribution < -0.4 is 0 Å². The molecular formula is C18H28ClNO. The van der Waals surface area contributed by atoms with Gasteiger partial charge in [0, 0.05) is 24.5 Å². The van der Waals surface area contributed by atoms with Crippen LogP contribution in [0.15, 0.2) is 24.3 Å². The van der Waals surface area contributed by atoms with E-state index in [-0.39, 0.29) is 5.91 Å². The third-order valence-corrected chi connectivity index (χ3v) is 3.55. The van der Waals surface area contributed by atoms with E-state index in [0.29, 0.717) is 18.3 Å². The van der Waals surface area contributed by atoms with E-state index in [4.69, 9.17) is 11.6 Å². The summed E-state index contributed by atoms with van der Waals surface area (Å²) in [5.74, 6) is 1.32. The molecule has 0 fully saturated rings. The van der Waals surface area contributed by atoms with Crippen LogP contribution in [-0.4, -0.2) is 23.9 Å². The Morgan fingerprint density at radius 2 is 1.57 bits per heavy atom. The van der Waals surface area contributed by atoms with Crippen molar-refractivity contribution < 1.29 is 4.79 Å². The third kappa shape index (κ3) is 7.52. The van der Waals surface area contributed by atoms with Crippen molar-refractivity contribution in [3.8, 4) is 0 Å². The molecule has 0 saturated heterocycles. The molecule has 1 amide bonds. The maximum atomic E-state index is 12.4. The average Bonchev–Trinajstić information content (AvgIpc) is 2.39. The molecule has 0 radical (unpaired) electrons. The molecule has 0 aromatic heterocycles. The summed E-state index contributed by atoms with van der Waals surface area (Å²) in [7, 11) is 0. The largest absolute Gasteiger partial charge is 0.342 e. The number of halogens is 1. The molecule has 118 valence electrons. The van der Waals surface area contributed by atoms with Crippen LogP contribution in [0, 0.1) is 11.8 Å². The number of hydrogen-bond donors (Lipinski definition) is 0. The topological polar surface area (TPSA) is 20.3 Å². The van der Waals surface area contributed by atoms with Crippen molar-refractivity contribution in [2.24, 2.45) is 11.8 Å². The molecule has 0 saturated carbocycles. The molecule has 1 aromatic rings. The average molecular weight is 310 g/mol. The van der Waals surface area contributed by atoms with E-state index in [1.807, 2.05) is 29.2 Å². The number of benzene rings is 1. The fourth-order valence-electron chi connectivity index (χ4n) is 2.41. The summed E-state index contributed by atoms with van der Waals surface area (Å²) in [4.78, 5) is 14.4. The van der Waals surface area contributed by atoms with Gasteiger partial charge in [0.05, 0.1) is 0 Å². The Morgan fingerprint density at radius 3 is 2.05 bits per heavy atom. The molecule has 1 aromatic carbocycles. The summed E-state index contributed by atoms with van der Waals surface area (Å²) in [6.07, 6.45) is 2.45. The molecule has 0 spiro atoms. The minimum atomic E-state index is 0.284. The molecule has 0 atom stereocenters. The van der Waals surface area contributed by atoms with Gasteiger partial charge in [0.2, 0.25) is 5.91 Å². The Kier molecular flexibility index (Phi) is 7.81. The summed E-state index contributed by atoms with van der Waals surface area (Å²) in [6, 6.07) is 7.88. The van der Waals surface area contributed by atoms with Crippen molar-refractivity contribution in [2.45, 2.75) is 47.0 Å².